The number of likely N-dealkylation sites (tertiary alicyclic amines) is 1. The molecule has 4 N–H and O–H groups in total. The number of imide groups is 1. The highest BCUT2D eigenvalue weighted by Gasteiger charge is 2.34. The van der Waals surface area contributed by atoms with E-state index in [9.17, 15) is 22.8 Å². The van der Waals surface area contributed by atoms with Crippen molar-refractivity contribution >= 4 is 11.9 Å². The second-order valence-electron chi connectivity index (χ2n) is 5.14. The quantitative estimate of drug-likeness (QED) is 0.766. The van der Waals surface area contributed by atoms with Crippen LogP contribution in [0.5, 0.6) is 0 Å². The number of rotatable bonds is 3. The normalized spacial score (nSPS) is 17.4. The minimum atomic E-state index is -4.43. The maximum atomic E-state index is 12.5. The van der Waals surface area contributed by atoms with E-state index in [0.717, 1.165) is 6.20 Å². The van der Waals surface area contributed by atoms with Crippen LogP contribution in [0.25, 0.3) is 0 Å². The van der Waals surface area contributed by atoms with E-state index < -0.39 is 23.8 Å². The number of nitrogens with zero attached hydrogens (tertiary/aromatic N) is 2. The van der Waals surface area contributed by atoms with Gasteiger partial charge in [0.25, 0.3) is 0 Å². The average Bonchev–Trinajstić information content (AvgIpc) is 2.88. The number of hydrogen-bond donors (Lipinski definition) is 3. The Balaban J connectivity index is 1.86. The molecule has 0 atom stereocenters. The van der Waals surface area contributed by atoms with Crippen molar-refractivity contribution in [3.8, 4) is 0 Å². The van der Waals surface area contributed by atoms with Crippen molar-refractivity contribution in [2.45, 2.75) is 24.9 Å². The molecule has 2 heterocycles. The van der Waals surface area contributed by atoms with Crippen molar-refractivity contribution in [3.63, 3.8) is 0 Å². The average molecular weight is 319 g/mol. The summed E-state index contributed by atoms with van der Waals surface area (Å²) in [7, 11) is 0. The lowest BCUT2D eigenvalue weighted by molar-refractivity contribution is -0.141. The van der Waals surface area contributed by atoms with Gasteiger partial charge in [-0.15, -0.1) is 0 Å². The number of alkyl halides is 3. The molecule has 0 bridgehead atoms. The Morgan fingerprint density at radius 3 is 2.55 bits per heavy atom. The summed E-state index contributed by atoms with van der Waals surface area (Å²) in [5.41, 5.74) is 3.98. The summed E-state index contributed by atoms with van der Waals surface area (Å²) in [6.07, 6.45) is -2.48. The third-order valence-electron chi connectivity index (χ3n) is 3.50. The molecule has 3 amide bonds. The van der Waals surface area contributed by atoms with Crippen LogP contribution in [-0.4, -0.2) is 46.4 Å². The second kappa shape index (κ2) is 6.34. The van der Waals surface area contributed by atoms with Gasteiger partial charge in [-0.05, 0) is 25.9 Å². The zero-order valence-corrected chi connectivity index (χ0v) is 11.6. The van der Waals surface area contributed by atoms with Crippen LogP contribution in [0.15, 0.2) is 6.20 Å². The third-order valence-corrected chi connectivity index (χ3v) is 3.50. The summed E-state index contributed by atoms with van der Waals surface area (Å²) in [6, 6.07) is -0.907. The van der Waals surface area contributed by atoms with Gasteiger partial charge in [0.2, 0.25) is 5.91 Å². The molecule has 0 unspecified atom stereocenters. The van der Waals surface area contributed by atoms with Crippen molar-refractivity contribution in [3.05, 3.63) is 17.7 Å². The molecule has 7 nitrogen and oxygen atoms in total. The first-order valence-electron chi connectivity index (χ1n) is 6.69. The largest absolute Gasteiger partial charge is 0.432 e. The number of carbonyl (C=O) groups excluding carboxylic acids is 2. The van der Waals surface area contributed by atoms with E-state index in [1.54, 1.807) is 0 Å². The Kier molecular flexibility index (Phi) is 4.69. The molecule has 0 radical (unpaired) electrons. The predicted octanol–water partition coefficient (Wildman–Crippen LogP) is 0.803. The van der Waals surface area contributed by atoms with E-state index in [0.29, 0.717) is 31.8 Å². The van der Waals surface area contributed by atoms with Crippen LogP contribution in [0.1, 0.15) is 30.3 Å². The van der Waals surface area contributed by atoms with Crippen LogP contribution in [0.2, 0.25) is 0 Å². The third kappa shape index (κ3) is 4.20. The molecule has 2 rings (SSSR count). The number of urea groups is 1. The highest BCUT2D eigenvalue weighted by Crippen LogP contribution is 2.31. The molecule has 1 saturated heterocycles. The van der Waals surface area contributed by atoms with Crippen molar-refractivity contribution in [1.82, 2.24) is 20.2 Å². The molecule has 10 heteroatoms. The zero-order chi connectivity index (χ0) is 16.3. The first-order chi connectivity index (χ1) is 10.3. The molecule has 1 fully saturated rings. The van der Waals surface area contributed by atoms with Crippen LogP contribution >= 0.6 is 0 Å². The molecule has 0 aromatic carbocycles. The Labute approximate surface area is 124 Å². The van der Waals surface area contributed by atoms with Gasteiger partial charge in [-0.25, -0.2) is 9.78 Å². The van der Waals surface area contributed by atoms with E-state index in [1.165, 1.54) is 0 Å². The molecular formula is C12H16F3N5O2. The lowest BCUT2D eigenvalue weighted by atomic mass is 9.96. The first-order valence-corrected chi connectivity index (χ1v) is 6.69. The highest BCUT2D eigenvalue weighted by molar-refractivity contribution is 5.94. The van der Waals surface area contributed by atoms with Gasteiger partial charge >= 0.3 is 12.2 Å². The van der Waals surface area contributed by atoms with E-state index in [-0.39, 0.29) is 12.5 Å². The van der Waals surface area contributed by atoms with Gasteiger partial charge in [0, 0.05) is 5.92 Å². The minimum Gasteiger partial charge on any atom is -0.351 e. The Bertz CT molecular complexity index is 549. The summed E-state index contributed by atoms with van der Waals surface area (Å²) in [5, 5.41) is 1.97. The van der Waals surface area contributed by atoms with Crippen molar-refractivity contribution < 1.29 is 22.8 Å². The Morgan fingerprint density at radius 1 is 1.41 bits per heavy atom. The van der Waals surface area contributed by atoms with Crippen LogP contribution in [-0.2, 0) is 11.0 Å². The number of primary amides is 1. The van der Waals surface area contributed by atoms with Gasteiger partial charge in [-0.2, -0.15) is 13.2 Å². The molecule has 1 aliphatic rings. The SMILES string of the molecule is NC(=O)NC(=O)CN1CCC(c2ncc(C(F)(F)F)[nH]2)CC1. The first kappa shape index (κ1) is 16.3. The molecule has 22 heavy (non-hydrogen) atoms. The van der Waals surface area contributed by atoms with Gasteiger partial charge in [0.1, 0.15) is 11.5 Å². The molecule has 122 valence electrons. The highest BCUT2D eigenvalue weighted by atomic mass is 19.4. The number of hydrogen-bond acceptors (Lipinski definition) is 4. The minimum absolute atomic E-state index is 0.0294. The molecule has 0 saturated carbocycles. The number of nitrogens with two attached hydrogens (primary N) is 1. The van der Waals surface area contributed by atoms with E-state index >= 15 is 0 Å². The van der Waals surface area contributed by atoms with Crippen LogP contribution in [0.3, 0.4) is 0 Å². The fourth-order valence-corrected chi connectivity index (χ4v) is 2.43. The van der Waals surface area contributed by atoms with Crippen LogP contribution in [0, 0.1) is 0 Å². The number of carbonyl (C=O) groups is 2. The van der Waals surface area contributed by atoms with Crippen molar-refractivity contribution in [2.75, 3.05) is 19.6 Å². The molecule has 1 aromatic rings. The van der Waals surface area contributed by atoms with Crippen LogP contribution < -0.4 is 11.1 Å². The molecule has 1 aliphatic heterocycles. The number of aromatic nitrogens is 2. The maximum Gasteiger partial charge on any atom is 0.432 e. The van der Waals surface area contributed by atoms with Crippen LogP contribution in [0.4, 0.5) is 18.0 Å². The standard InChI is InChI=1S/C12H16F3N5O2/c13-12(14,15)8-5-17-10(18-8)7-1-3-20(4-2-7)6-9(21)19-11(16)22/h5,7H,1-4,6H2,(H,17,18)(H3,16,19,21,22). The number of halogens is 3. The summed E-state index contributed by atoms with van der Waals surface area (Å²) < 4.78 is 37.5. The summed E-state index contributed by atoms with van der Waals surface area (Å²) >= 11 is 0. The molecule has 0 aliphatic carbocycles. The van der Waals surface area contributed by atoms with Crippen molar-refractivity contribution in [1.29, 1.82) is 0 Å². The van der Waals surface area contributed by atoms with E-state index in [1.807, 2.05) is 10.2 Å². The fraction of sp³-hybridized carbons (Fsp3) is 0.583. The second-order valence-corrected chi connectivity index (χ2v) is 5.14. The summed E-state index contributed by atoms with van der Waals surface area (Å²) in [6.45, 7) is 1.08. The topological polar surface area (TPSA) is 104 Å². The van der Waals surface area contributed by atoms with Gasteiger partial charge in [0.05, 0.1) is 12.7 Å². The van der Waals surface area contributed by atoms with Gasteiger partial charge < -0.3 is 10.7 Å². The van der Waals surface area contributed by atoms with E-state index in [4.69, 9.17) is 5.73 Å². The lowest BCUT2D eigenvalue weighted by Crippen LogP contribution is -2.44. The summed E-state index contributed by atoms with van der Waals surface area (Å²) in [4.78, 5) is 29.8. The predicted molar refractivity (Wildman–Crippen MR) is 69.7 cm³/mol. The van der Waals surface area contributed by atoms with Gasteiger partial charge in [0.15, 0.2) is 0 Å². The molecular weight excluding hydrogens is 303 g/mol. The number of H-pyrrole nitrogens is 1. The van der Waals surface area contributed by atoms with Gasteiger partial charge in [-0.1, -0.05) is 0 Å². The number of piperidine rings is 1. The molecule has 0 spiro atoms. The lowest BCUT2D eigenvalue weighted by Gasteiger charge is -2.30. The number of nitrogens with one attached hydrogen (secondary N) is 2. The Hall–Kier alpha value is -2.10. The smallest absolute Gasteiger partial charge is 0.351 e. The number of aromatic amines is 1. The van der Waals surface area contributed by atoms with Gasteiger partial charge in [-0.3, -0.25) is 15.0 Å². The fourth-order valence-electron chi connectivity index (χ4n) is 2.43. The zero-order valence-electron chi connectivity index (χ0n) is 11.6. The number of amides is 3. The Morgan fingerprint density at radius 2 is 2.05 bits per heavy atom. The monoisotopic (exact) mass is 319 g/mol. The van der Waals surface area contributed by atoms with E-state index in [2.05, 4.69) is 9.97 Å². The number of imidazole rings is 1. The molecule has 1 aromatic heterocycles. The maximum absolute atomic E-state index is 12.5. The van der Waals surface area contributed by atoms with Crippen molar-refractivity contribution in [2.24, 2.45) is 5.73 Å². The summed E-state index contributed by atoms with van der Waals surface area (Å²) in [5.74, 6) is -0.288.